The lowest BCUT2D eigenvalue weighted by Gasteiger charge is -2.24. The first-order valence-electron chi connectivity index (χ1n) is 3.73. The monoisotopic (exact) mass is 192 g/mol. The van der Waals surface area contributed by atoms with E-state index in [4.69, 9.17) is 20.4 Å². The minimum absolute atomic E-state index is 0.271. The van der Waals surface area contributed by atoms with Gasteiger partial charge in [0.15, 0.2) is 11.9 Å². The van der Waals surface area contributed by atoms with Gasteiger partial charge >= 0.3 is 5.97 Å². The van der Waals surface area contributed by atoms with Crippen LogP contribution in [0.25, 0.3) is 0 Å². The third-order valence-corrected chi connectivity index (χ3v) is 1.51. The van der Waals surface area contributed by atoms with Crippen LogP contribution in [0.3, 0.4) is 0 Å². The van der Waals surface area contributed by atoms with Crippen molar-refractivity contribution >= 4 is 11.8 Å². The Labute approximate surface area is 74.4 Å². The van der Waals surface area contributed by atoms with Crippen LogP contribution in [0.2, 0.25) is 0 Å². The molecule has 76 valence electrons. The maximum Gasteiger partial charge on any atom is 0.375 e. The maximum atomic E-state index is 10.6. The zero-order chi connectivity index (χ0) is 10.6. The van der Waals surface area contributed by atoms with Gasteiger partial charge in [0, 0.05) is 6.42 Å². The highest BCUT2D eigenvalue weighted by Crippen LogP contribution is 2.14. The number of Topliss-reactive ketones (excluding diaryl/α,β-unsaturated/α-hetero) is 1. The van der Waals surface area contributed by atoms with Gasteiger partial charge < -0.3 is 20.4 Å². The smallest absolute Gasteiger partial charge is 0.375 e. The van der Waals surface area contributed by atoms with Crippen molar-refractivity contribution in [1.29, 1.82) is 0 Å². The van der Waals surface area contributed by atoms with Crippen LogP contribution >= 0.6 is 0 Å². The van der Waals surface area contributed by atoms with Crippen molar-refractivity contribution in [2.75, 3.05) is 0 Å². The van der Waals surface area contributed by atoms with Crippen molar-refractivity contribution in [3.8, 4) is 0 Å². The number of carboxylic acid groups (broad SMARTS) is 1. The van der Waals surface area contributed by atoms with Crippen LogP contribution in [-0.4, -0.2) is 44.1 Å². The first-order valence-corrected chi connectivity index (χ1v) is 3.73. The highest BCUT2D eigenvalue weighted by atomic mass is 16.5. The third-order valence-electron chi connectivity index (χ3n) is 1.51. The molecule has 1 atom stereocenters. The molecule has 0 bridgehead atoms. The van der Waals surface area contributed by atoms with Crippen LogP contribution in [0.4, 0.5) is 0 Å². The van der Waals surface area contributed by atoms with Crippen LogP contribution in [0.15, 0.2) is 0 Å². The first kappa shape index (κ1) is 12.0. The predicted molar refractivity (Wildman–Crippen MR) is 40.7 cm³/mol. The molecule has 6 heteroatoms. The second-order valence-corrected chi connectivity index (χ2v) is 2.70. The van der Waals surface area contributed by atoms with E-state index in [0.717, 1.165) is 0 Å². The molecule has 0 amide bonds. The van der Waals surface area contributed by atoms with Crippen molar-refractivity contribution in [3.05, 3.63) is 0 Å². The third kappa shape index (κ3) is 3.10. The van der Waals surface area contributed by atoms with Gasteiger partial charge in [-0.3, -0.25) is 4.79 Å². The van der Waals surface area contributed by atoms with Crippen LogP contribution < -0.4 is 0 Å². The summed E-state index contributed by atoms with van der Waals surface area (Å²) in [4.78, 5) is 20.7. The summed E-state index contributed by atoms with van der Waals surface area (Å²) >= 11 is 0. The van der Waals surface area contributed by atoms with Crippen LogP contribution in [0.1, 0.15) is 19.8 Å². The Hall–Kier alpha value is -0.980. The average molecular weight is 192 g/mol. The van der Waals surface area contributed by atoms with Crippen molar-refractivity contribution in [1.82, 2.24) is 0 Å². The van der Waals surface area contributed by atoms with Gasteiger partial charge in [0.1, 0.15) is 0 Å². The summed E-state index contributed by atoms with van der Waals surface area (Å²) < 4.78 is 0. The van der Waals surface area contributed by atoms with E-state index < -0.39 is 23.6 Å². The molecule has 0 aromatic carbocycles. The van der Waals surface area contributed by atoms with Gasteiger partial charge in [-0.2, -0.15) is 0 Å². The molecule has 0 saturated heterocycles. The molecule has 0 aromatic rings. The lowest BCUT2D eigenvalue weighted by molar-refractivity contribution is -0.226. The minimum Gasteiger partial charge on any atom is -0.475 e. The van der Waals surface area contributed by atoms with Crippen molar-refractivity contribution in [2.45, 2.75) is 31.7 Å². The second-order valence-electron chi connectivity index (χ2n) is 2.70. The summed E-state index contributed by atoms with van der Waals surface area (Å²) in [6, 6.07) is 0. The Morgan fingerprint density at radius 1 is 1.38 bits per heavy atom. The Balaban J connectivity index is 4.48. The van der Waals surface area contributed by atoms with Crippen molar-refractivity contribution in [2.24, 2.45) is 0 Å². The molecule has 0 saturated carbocycles. The quantitative estimate of drug-likeness (QED) is 0.310. The maximum absolute atomic E-state index is 10.6. The minimum atomic E-state index is -2.66. The lowest BCUT2D eigenvalue weighted by Crippen LogP contribution is -2.49. The Morgan fingerprint density at radius 3 is 2.15 bits per heavy atom. The van der Waals surface area contributed by atoms with E-state index in [0.29, 0.717) is 6.42 Å². The van der Waals surface area contributed by atoms with Gasteiger partial charge in [0.05, 0.1) is 0 Å². The van der Waals surface area contributed by atoms with Gasteiger partial charge in [-0.25, -0.2) is 4.79 Å². The number of carboxylic acids is 1. The number of aliphatic hydroxyl groups excluding tert-OH is 1. The fourth-order valence-electron chi connectivity index (χ4n) is 0.832. The van der Waals surface area contributed by atoms with Gasteiger partial charge in [-0.05, 0) is 0 Å². The van der Waals surface area contributed by atoms with E-state index in [2.05, 4.69) is 0 Å². The number of aliphatic hydroxyl groups is 3. The summed E-state index contributed by atoms with van der Waals surface area (Å²) in [5.74, 6) is -6.18. The van der Waals surface area contributed by atoms with Gasteiger partial charge in [-0.15, -0.1) is 0 Å². The molecule has 6 nitrogen and oxygen atoms in total. The molecule has 0 aliphatic heterocycles. The van der Waals surface area contributed by atoms with E-state index in [-0.39, 0.29) is 6.42 Å². The van der Waals surface area contributed by atoms with E-state index >= 15 is 0 Å². The predicted octanol–water partition coefficient (Wildman–Crippen LogP) is -1.52. The number of carbonyl (C=O) groups excluding carboxylic acids is 1. The number of hydrogen-bond donors (Lipinski definition) is 4. The molecular weight excluding hydrogens is 180 g/mol. The second kappa shape index (κ2) is 4.31. The Morgan fingerprint density at radius 2 is 1.85 bits per heavy atom. The Kier molecular flexibility index (Phi) is 3.99. The topological polar surface area (TPSA) is 115 Å². The van der Waals surface area contributed by atoms with Crippen molar-refractivity contribution in [3.63, 3.8) is 0 Å². The van der Waals surface area contributed by atoms with E-state index in [1.807, 2.05) is 0 Å². The van der Waals surface area contributed by atoms with Crippen LogP contribution in [0.5, 0.6) is 0 Å². The molecule has 0 fully saturated rings. The Bertz CT molecular complexity index is 209. The molecule has 13 heavy (non-hydrogen) atoms. The molecular formula is C7H12O6. The summed E-state index contributed by atoms with van der Waals surface area (Å²) in [5, 5.41) is 35.1. The van der Waals surface area contributed by atoms with E-state index in [9.17, 15) is 9.59 Å². The molecule has 4 N–H and O–H groups in total. The van der Waals surface area contributed by atoms with Crippen LogP contribution in [0, 0.1) is 0 Å². The highest BCUT2D eigenvalue weighted by molar-refractivity contribution is 6.34. The lowest BCUT2D eigenvalue weighted by atomic mass is 10.0. The molecule has 0 rings (SSSR count). The SMILES string of the molecule is CCCC(O)(O)C(O)C(=O)C(=O)O. The standard InChI is InChI=1S/C7H12O6/c1-2-3-7(12,13)5(9)4(8)6(10)11/h5,9,12-13H,2-3H2,1H3,(H,10,11). The molecule has 0 aliphatic carbocycles. The summed E-state index contributed by atoms with van der Waals surface area (Å²) in [7, 11) is 0. The fourth-order valence-corrected chi connectivity index (χ4v) is 0.832. The summed E-state index contributed by atoms with van der Waals surface area (Å²) in [6.07, 6.45) is -2.27. The number of carbonyl (C=O) groups is 2. The molecule has 1 unspecified atom stereocenters. The van der Waals surface area contributed by atoms with E-state index in [1.54, 1.807) is 6.92 Å². The molecule has 0 heterocycles. The summed E-state index contributed by atoms with van der Waals surface area (Å²) in [6.45, 7) is 1.60. The van der Waals surface area contributed by atoms with Crippen LogP contribution in [-0.2, 0) is 9.59 Å². The molecule has 0 aromatic heterocycles. The largest absolute Gasteiger partial charge is 0.475 e. The normalized spacial score (nSPS) is 13.8. The highest BCUT2D eigenvalue weighted by Gasteiger charge is 2.40. The molecule has 0 aliphatic rings. The number of aliphatic carboxylic acids is 1. The zero-order valence-corrected chi connectivity index (χ0v) is 7.10. The first-order chi connectivity index (χ1) is 5.83. The average Bonchev–Trinajstić information content (AvgIpc) is 2.01. The van der Waals surface area contributed by atoms with Crippen molar-refractivity contribution < 1.29 is 30.0 Å². The van der Waals surface area contributed by atoms with E-state index in [1.165, 1.54) is 0 Å². The van der Waals surface area contributed by atoms with Gasteiger partial charge in [0.2, 0.25) is 0 Å². The molecule has 0 spiro atoms. The number of hydrogen-bond acceptors (Lipinski definition) is 5. The zero-order valence-electron chi connectivity index (χ0n) is 7.10. The fraction of sp³-hybridized carbons (Fsp3) is 0.714. The number of rotatable bonds is 5. The summed E-state index contributed by atoms with van der Waals surface area (Å²) in [5.41, 5.74) is 0. The van der Waals surface area contributed by atoms with Gasteiger partial charge in [-0.1, -0.05) is 13.3 Å². The number of ketones is 1. The molecule has 0 radical (unpaired) electrons. The van der Waals surface area contributed by atoms with Gasteiger partial charge in [0.25, 0.3) is 5.78 Å².